The van der Waals surface area contributed by atoms with Gasteiger partial charge >= 0.3 is 0 Å². The first-order chi connectivity index (χ1) is 13.1. The van der Waals surface area contributed by atoms with E-state index < -0.39 is 0 Å². The van der Waals surface area contributed by atoms with Crippen molar-refractivity contribution in [1.82, 2.24) is 24.9 Å². The van der Waals surface area contributed by atoms with Gasteiger partial charge in [-0.05, 0) is 47.0 Å². The summed E-state index contributed by atoms with van der Waals surface area (Å²) in [5, 5.41) is 7.89. The minimum absolute atomic E-state index is 0.0307. The summed E-state index contributed by atoms with van der Waals surface area (Å²) in [6.07, 6.45) is 2.87. The fraction of sp³-hybridized carbons (Fsp3) is 0.762. The van der Waals surface area contributed by atoms with Crippen molar-refractivity contribution in [3.05, 3.63) is 17.0 Å². The molecule has 3 rings (SSSR count). The molecular weight excluding hydrogens is 354 g/mol. The van der Waals surface area contributed by atoms with Gasteiger partial charge in [0.2, 0.25) is 11.8 Å². The van der Waals surface area contributed by atoms with Gasteiger partial charge in [-0.3, -0.25) is 19.2 Å². The molecule has 1 aromatic rings. The highest BCUT2D eigenvalue weighted by molar-refractivity contribution is 5.73. The van der Waals surface area contributed by atoms with Crippen LogP contribution in [0.2, 0.25) is 0 Å². The number of nitrogens with one attached hydrogen (secondary N) is 1. The number of aryl methyl sites for hydroxylation is 1. The van der Waals surface area contributed by atoms with Crippen molar-refractivity contribution < 1.29 is 9.59 Å². The van der Waals surface area contributed by atoms with Crippen LogP contribution in [0, 0.1) is 13.8 Å². The molecule has 2 amide bonds. The number of carbonyl (C=O) groups excluding carboxylic acids is 2. The van der Waals surface area contributed by atoms with E-state index in [1.54, 1.807) is 13.8 Å². The molecule has 0 bridgehead atoms. The number of carbonyl (C=O) groups is 2. The van der Waals surface area contributed by atoms with Gasteiger partial charge in [0.25, 0.3) is 0 Å². The summed E-state index contributed by atoms with van der Waals surface area (Å²) in [7, 11) is 0. The Morgan fingerprint density at radius 2 is 1.86 bits per heavy atom. The van der Waals surface area contributed by atoms with E-state index in [1.165, 1.54) is 11.3 Å². The molecule has 7 nitrogen and oxygen atoms in total. The lowest BCUT2D eigenvalue weighted by molar-refractivity contribution is -0.131. The zero-order chi connectivity index (χ0) is 20.6. The minimum Gasteiger partial charge on any atom is -0.352 e. The van der Waals surface area contributed by atoms with Crippen LogP contribution < -0.4 is 5.32 Å². The number of hydrogen-bond acceptors (Lipinski definition) is 4. The molecule has 1 atom stereocenters. The molecule has 2 saturated heterocycles. The smallest absolute Gasteiger partial charge is 0.219 e. The molecule has 156 valence electrons. The maximum atomic E-state index is 11.8. The molecular formula is C21H35N5O2. The van der Waals surface area contributed by atoms with Gasteiger partial charge in [-0.2, -0.15) is 5.10 Å². The van der Waals surface area contributed by atoms with Gasteiger partial charge in [-0.15, -0.1) is 0 Å². The maximum Gasteiger partial charge on any atom is 0.219 e. The molecule has 1 spiro atoms. The molecule has 28 heavy (non-hydrogen) atoms. The molecule has 0 radical (unpaired) electrons. The third kappa shape index (κ3) is 3.95. The third-order valence-corrected chi connectivity index (χ3v) is 6.60. The quantitative estimate of drug-likeness (QED) is 0.857. The van der Waals surface area contributed by atoms with Gasteiger partial charge in [-0.1, -0.05) is 0 Å². The molecule has 0 aromatic carbocycles. The van der Waals surface area contributed by atoms with E-state index in [2.05, 4.69) is 42.6 Å². The van der Waals surface area contributed by atoms with Crippen molar-refractivity contribution in [3.8, 4) is 0 Å². The summed E-state index contributed by atoms with van der Waals surface area (Å²) in [6, 6.07) is 0.507. The van der Waals surface area contributed by atoms with Crippen molar-refractivity contribution in [1.29, 1.82) is 0 Å². The SMILES string of the molecule is CC(=O)N[C@H]1CN(Cc2c(C)nn(C(C)C)c2C)C2(CCN(C(C)=O)CC2)C1. The van der Waals surface area contributed by atoms with Crippen molar-refractivity contribution in [2.75, 3.05) is 19.6 Å². The van der Waals surface area contributed by atoms with Crippen molar-refractivity contribution >= 4 is 11.8 Å². The van der Waals surface area contributed by atoms with E-state index in [0.717, 1.165) is 51.1 Å². The molecule has 2 aliphatic rings. The molecule has 3 heterocycles. The normalized spacial score (nSPS) is 22.2. The Balaban J connectivity index is 1.84. The molecule has 0 aliphatic carbocycles. The van der Waals surface area contributed by atoms with E-state index in [1.807, 2.05) is 4.90 Å². The minimum atomic E-state index is 0.0307. The van der Waals surface area contributed by atoms with E-state index in [9.17, 15) is 9.59 Å². The standard InChI is InChI=1S/C21H35N5O2/c1-14(2)26-16(4)20(15(3)23-26)13-25-12-19(22-17(5)27)11-21(25)7-9-24(10-8-21)18(6)28/h14,19H,7-13H2,1-6H3,(H,22,27)/t19-/m1/s1. The Morgan fingerprint density at radius 1 is 1.21 bits per heavy atom. The van der Waals surface area contributed by atoms with Gasteiger partial charge < -0.3 is 10.2 Å². The molecule has 0 unspecified atom stereocenters. The van der Waals surface area contributed by atoms with Crippen LogP contribution in [-0.2, 0) is 16.1 Å². The van der Waals surface area contributed by atoms with Crippen molar-refractivity contribution in [3.63, 3.8) is 0 Å². The van der Waals surface area contributed by atoms with E-state index >= 15 is 0 Å². The van der Waals surface area contributed by atoms with Gasteiger partial charge in [0, 0.05) is 68.9 Å². The summed E-state index contributed by atoms with van der Waals surface area (Å²) >= 11 is 0. The monoisotopic (exact) mass is 389 g/mol. The van der Waals surface area contributed by atoms with Crippen LogP contribution in [0.1, 0.15) is 70.0 Å². The number of aromatic nitrogens is 2. The zero-order valence-corrected chi connectivity index (χ0v) is 18.2. The first-order valence-electron chi connectivity index (χ1n) is 10.4. The number of rotatable bonds is 4. The van der Waals surface area contributed by atoms with Gasteiger partial charge in [0.1, 0.15) is 0 Å². The van der Waals surface area contributed by atoms with E-state index in [0.29, 0.717) is 6.04 Å². The lowest BCUT2D eigenvalue weighted by Gasteiger charge is -2.45. The Kier molecular flexibility index (Phi) is 5.84. The van der Waals surface area contributed by atoms with Crippen molar-refractivity contribution in [2.24, 2.45) is 0 Å². The van der Waals surface area contributed by atoms with Crippen LogP contribution in [0.15, 0.2) is 0 Å². The predicted octanol–water partition coefficient (Wildman–Crippen LogP) is 2.17. The highest BCUT2D eigenvalue weighted by atomic mass is 16.2. The summed E-state index contributed by atoms with van der Waals surface area (Å²) in [5.74, 6) is 0.186. The lowest BCUT2D eigenvalue weighted by Crippen LogP contribution is -2.52. The van der Waals surface area contributed by atoms with E-state index in [4.69, 9.17) is 5.10 Å². The molecule has 2 fully saturated rings. The Labute approximate surface area is 168 Å². The fourth-order valence-corrected chi connectivity index (χ4v) is 5.11. The van der Waals surface area contributed by atoms with Crippen LogP contribution in [0.3, 0.4) is 0 Å². The first kappa shape index (κ1) is 20.8. The number of piperidine rings is 1. The van der Waals surface area contributed by atoms with E-state index in [-0.39, 0.29) is 23.4 Å². The second kappa shape index (κ2) is 7.85. The van der Waals surface area contributed by atoms with Crippen LogP contribution in [0.5, 0.6) is 0 Å². The second-order valence-electron chi connectivity index (χ2n) is 8.90. The predicted molar refractivity (Wildman–Crippen MR) is 109 cm³/mol. The Morgan fingerprint density at radius 3 is 2.36 bits per heavy atom. The fourth-order valence-electron chi connectivity index (χ4n) is 5.11. The molecule has 0 saturated carbocycles. The zero-order valence-electron chi connectivity index (χ0n) is 18.2. The van der Waals surface area contributed by atoms with Crippen molar-refractivity contribution in [2.45, 2.75) is 85.0 Å². The van der Waals surface area contributed by atoms with Crippen LogP contribution >= 0.6 is 0 Å². The molecule has 7 heteroatoms. The van der Waals surface area contributed by atoms with Crippen LogP contribution in [0.25, 0.3) is 0 Å². The highest BCUT2D eigenvalue weighted by Crippen LogP contribution is 2.40. The summed E-state index contributed by atoms with van der Waals surface area (Å²) in [4.78, 5) is 27.9. The van der Waals surface area contributed by atoms with Gasteiger partial charge in [0.05, 0.1) is 5.69 Å². The highest BCUT2D eigenvalue weighted by Gasteiger charge is 2.47. The number of amides is 2. The number of likely N-dealkylation sites (tertiary alicyclic amines) is 2. The largest absolute Gasteiger partial charge is 0.352 e. The third-order valence-electron chi connectivity index (χ3n) is 6.60. The van der Waals surface area contributed by atoms with Crippen LogP contribution in [-0.4, -0.2) is 62.6 Å². The maximum absolute atomic E-state index is 11.8. The topological polar surface area (TPSA) is 70.5 Å². The van der Waals surface area contributed by atoms with Crippen LogP contribution in [0.4, 0.5) is 0 Å². The lowest BCUT2D eigenvalue weighted by atomic mass is 9.83. The van der Waals surface area contributed by atoms with Gasteiger partial charge in [-0.25, -0.2) is 0 Å². The Bertz CT molecular complexity index is 746. The molecule has 1 N–H and O–H groups in total. The number of nitrogens with zero attached hydrogens (tertiary/aromatic N) is 4. The number of hydrogen-bond donors (Lipinski definition) is 1. The summed E-state index contributed by atoms with van der Waals surface area (Å²) in [5.41, 5.74) is 3.65. The average Bonchev–Trinajstić information content (AvgIpc) is 3.06. The Hall–Kier alpha value is -1.89. The molecule has 2 aliphatic heterocycles. The second-order valence-corrected chi connectivity index (χ2v) is 8.90. The molecule has 1 aromatic heterocycles. The summed E-state index contributed by atoms with van der Waals surface area (Å²) in [6.45, 7) is 15.1. The van der Waals surface area contributed by atoms with Gasteiger partial charge in [0.15, 0.2) is 0 Å². The summed E-state index contributed by atoms with van der Waals surface area (Å²) < 4.78 is 2.11. The first-order valence-corrected chi connectivity index (χ1v) is 10.4. The average molecular weight is 390 g/mol.